The van der Waals surface area contributed by atoms with Crippen molar-refractivity contribution in [1.82, 2.24) is 0 Å². The molecule has 0 amide bonds. The summed E-state index contributed by atoms with van der Waals surface area (Å²) < 4.78 is 11.1. The highest BCUT2D eigenvalue weighted by atomic mass is 16.6. The molecule has 4 nitrogen and oxygen atoms in total. The number of hydrogen-bond acceptors (Lipinski definition) is 4. The maximum atomic E-state index is 5.66. The zero-order valence-corrected chi connectivity index (χ0v) is 11.3. The van der Waals surface area contributed by atoms with E-state index >= 15 is 0 Å². The first-order chi connectivity index (χ1) is 9.81. The van der Waals surface area contributed by atoms with Crippen molar-refractivity contribution < 1.29 is 9.47 Å². The Hall–Kier alpha value is -2.36. The van der Waals surface area contributed by atoms with Crippen molar-refractivity contribution >= 4 is 11.4 Å². The summed E-state index contributed by atoms with van der Waals surface area (Å²) in [5.74, 6) is 1.69. The van der Waals surface area contributed by atoms with Gasteiger partial charge < -0.3 is 20.5 Å². The van der Waals surface area contributed by atoms with E-state index in [0.717, 1.165) is 35.8 Å². The third-order valence-corrected chi connectivity index (χ3v) is 3.26. The van der Waals surface area contributed by atoms with Gasteiger partial charge in [0.1, 0.15) is 13.2 Å². The smallest absolute Gasteiger partial charge is 0.161 e. The standard InChI is InChI=1S/C16H18N2O2/c17-13-2-4-14(5-3-13)18-8-7-12-1-6-15-16(11-12)20-10-9-19-15/h1-6,11,18H,7-10,17H2. The number of nitrogens with one attached hydrogen (secondary N) is 1. The van der Waals surface area contributed by atoms with Crippen molar-refractivity contribution in [3.05, 3.63) is 48.0 Å². The molecule has 20 heavy (non-hydrogen) atoms. The van der Waals surface area contributed by atoms with Crippen LogP contribution in [0.5, 0.6) is 11.5 Å². The first kappa shape index (κ1) is 12.7. The van der Waals surface area contributed by atoms with Gasteiger partial charge in [-0.05, 0) is 48.4 Å². The van der Waals surface area contributed by atoms with Crippen LogP contribution in [0.2, 0.25) is 0 Å². The van der Waals surface area contributed by atoms with E-state index in [2.05, 4.69) is 17.4 Å². The van der Waals surface area contributed by atoms with Gasteiger partial charge in [0.05, 0.1) is 0 Å². The zero-order valence-electron chi connectivity index (χ0n) is 11.3. The van der Waals surface area contributed by atoms with Crippen LogP contribution in [0.3, 0.4) is 0 Å². The first-order valence-corrected chi connectivity index (χ1v) is 6.79. The molecule has 0 saturated heterocycles. The fourth-order valence-electron chi connectivity index (χ4n) is 2.20. The molecule has 0 unspecified atom stereocenters. The Balaban J connectivity index is 1.57. The van der Waals surface area contributed by atoms with Gasteiger partial charge in [0.2, 0.25) is 0 Å². The maximum absolute atomic E-state index is 5.66. The second kappa shape index (κ2) is 5.74. The fraction of sp³-hybridized carbons (Fsp3) is 0.250. The molecule has 3 rings (SSSR count). The third kappa shape index (κ3) is 2.96. The van der Waals surface area contributed by atoms with Gasteiger partial charge in [-0.1, -0.05) is 6.07 Å². The lowest BCUT2D eigenvalue weighted by molar-refractivity contribution is 0.171. The Morgan fingerprint density at radius 2 is 1.70 bits per heavy atom. The molecule has 0 saturated carbocycles. The van der Waals surface area contributed by atoms with Crippen LogP contribution in [0.1, 0.15) is 5.56 Å². The minimum atomic E-state index is 0.625. The van der Waals surface area contributed by atoms with Crippen molar-refractivity contribution in [2.75, 3.05) is 30.8 Å². The highest BCUT2D eigenvalue weighted by Crippen LogP contribution is 2.30. The van der Waals surface area contributed by atoms with E-state index < -0.39 is 0 Å². The topological polar surface area (TPSA) is 56.5 Å². The molecule has 1 heterocycles. The summed E-state index contributed by atoms with van der Waals surface area (Å²) in [5.41, 5.74) is 8.75. The number of nitrogens with two attached hydrogens (primary N) is 1. The van der Waals surface area contributed by atoms with Gasteiger partial charge in [0.25, 0.3) is 0 Å². The Kier molecular flexibility index (Phi) is 3.63. The van der Waals surface area contributed by atoms with Crippen LogP contribution in [0, 0.1) is 0 Å². The van der Waals surface area contributed by atoms with Gasteiger partial charge in [0.15, 0.2) is 11.5 Å². The van der Waals surface area contributed by atoms with Crippen LogP contribution in [0.4, 0.5) is 11.4 Å². The van der Waals surface area contributed by atoms with Gasteiger partial charge in [0, 0.05) is 17.9 Å². The molecule has 4 heteroatoms. The van der Waals surface area contributed by atoms with E-state index in [-0.39, 0.29) is 0 Å². The molecule has 0 bridgehead atoms. The zero-order chi connectivity index (χ0) is 13.8. The lowest BCUT2D eigenvalue weighted by atomic mass is 10.1. The number of fused-ring (bicyclic) bond motifs is 1. The minimum absolute atomic E-state index is 0.625. The van der Waals surface area contributed by atoms with Crippen molar-refractivity contribution in [1.29, 1.82) is 0 Å². The summed E-state index contributed by atoms with van der Waals surface area (Å²) in [7, 11) is 0. The molecule has 0 spiro atoms. The normalized spacial score (nSPS) is 13.0. The molecule has 104 valence electrons. The van der Waals surface area contributed by atoms with E-state index in [4.69, 9.17) is 15.2 Å². The average Bonchev–Trinajstić information content (AvgIpc) is 2.49. The lowest BCUT2D eigenvalue weighted by Gasteiger charge is -2.19. The van der Waals surface area contributed by atoms with Crippen molar-refractivity contribution in [2.24, 2.45) is 0 Å². The Morgan fingerprint density at radius 1 is 0.950 bits per heavy atom. The van der Waals surface area contributed by atoms with Crippen LogP contribution in [-0.2, 0) is 6.42 Å². The van der Waals surface area contributed by atoms with Gasteiger partial charge in [-0.3, -0.25) is 0 Å². The number of anilines is 2. The predicted molar refractivity (Wildman–Crippen MR) is 80.5 cm³/mol. The van der Waals surface area contributed by atoms with Gasteiger partial charge >= 0.3 is 0 Å². The Morgan fingerprint density at radius 3 is 2.50 bits per heavy atom. The van der Waals surface area contributed by atoms with Gasteiger partial charge in [-0.15, -0.1) is 0 Å². The number of nitrogen functional groups attached to an aromatic ring is 1. The van der Waals surface area contributed by atoms with Crippen molar-refractivity contribution in [2.45, 2.75) is 6.42 Å². The van der Waals surface area contributed by atoms with Crippen molar-refractivity contribution in [3.63, 3.8) is 0 Å². The SMILES string of the molecule is Nc1ccc(NCCc2ccc3c(c2)OCCO3)cc1. The molecular weight excluding hydrogens is 252 g/mol. The molecule has 0 aliphatic carbocycles. The van der Waals surface area contributed by atoms with Gasteiger partial charge in [-0.2, -0.15) is 0 Å². The number of rotatable bonds is 4. The number of benzene rings is 2. The molecule has 1 aliphatic heterocycles. The van der Waals surface area contributed by atoms with Gasteiger partial charge in [-0.25, -0.2) is 0 Å². The quantitative estimate of drug-likeness (QED) is 0.839. The Labute approximate surface area is 118 Å². The Bertz CT molecular complexity index is 582. The molecule has 0 fully saturated rings. The predicted octanol–water partition coefficient (Wildman–Crippen LogP) is 2.69. The summed E-state index contributed by atoms with van der Waals surface area (Å²) in [4.78, 5) is 0. The van der Waals surface area contributed by atoms with Crippen LogP contribution in [-0.4, -0.2) is 19.8 Å². The highest BCUT2D eigenvalue weighted by Gasteiger charge is 2.11. The summed E-state index contributed by atoms with van der Waals surface area (Å²) in [6, 6.07) is 13.9. The number of hydrogen-bond donors (Lipinski definition) is 2. The molecule has 1 aliphatic rings. The summed E-state index contributed by atoms with van der Waals surface area (Å²) in [6.07, 6.45) is 0.932. The largest absolute Gasteiger partial charge is 0.486 e. The lowest BCUT2D eigenvalue weighted by Crippen LogP contribution is -2.15. The second-order valence-electron chi connectivity index (χ2n) is 4.78. The first-order valence-electron chi connectivity index (χ1n) is 6.79. The van der Waals surface area contributed by atoms with Crippen LogP contribution in [0.15, 0.2) is 42.5 Å². The third-order valence-electron chi connectivity index (χ3n) is 3.26. The highest BCUT2D eigenvalue weighted by molar-refractivity contribution is 5.51. The monoisotopic (exact) mass is 270 g/mol. The minimum Gasteiger partial charge on any atom is -0.486 e. The van der Waals surface area contributed by atoms with Crippen LogP contribution in [0.25, 0.3) is 0 Å². The molecule has 0 aromatic heterocycles. The van der Waals surface area contributed by atoms with E-state index in [1.165, 1.54) is 5.56 Å². The second-order valence-corrected chi connectivity index (χ2v) is 4.78. The average molecular weight is 270 g/mol. The van der Waals surface area contributed by atoms with Crippen molar-refractivity contribution in [3.8, 4) is 11.5 Å². The van der Waals surface area contributed by atoms with Crippen LogP contribution < -0.4 is 20.5 Å². The molecular formula is C16H18N2O2. The molecule has 3 N–H and O–H groups in total. The summed E-state index contributed by atoms with van der Waals surface area (Å²) in [5, 5.41) is 3.37. The molecule has 0 radical (unpaired) electrons. The molecule has 0 atom stereocenters. The number of ether oxygens (including phenoxy) is 2. The maximum Gasteiger partial charge on any atom is 0.161 e. The van der Waals surface area contributed by atoms with E-state index in [9.17, 15) is 0 Å². The van der Waals surface area contributed by atoms with E-state index in [1.807, 2.05) is 30.3 Å². The summed E-state index contributed by atoms with van der Waals surface area (Å²) >= 11 is 0. The van der Waals surface area contributed by atoms with E-state index in [1.54, 1.807) is 0 Å². The molecule has 2 aromatic rings. The molecule has 2 aromatic carbocycles. The van der Waals surface area contributed by atoms with E-state index in [0.29, 0.717) is 13.2 Å². The summed E-state index contributed by atoms with van der Waals surface area (Å²) in [6.45, 7) is 2.12. The van der Waals surface area contributed by atoms with Crippen LogP contribution >= 0.6 is 0 Å². The fourth-order valence-corrected chi connectivity index (χ4v) is 2.20.